The number of methoxy groups -OCH3 is 2. The average Bonchev–Trinajstić information content (AvgIpc) is 2.49. The lowest BCUT2D eigenvalue weighted by molar-refractivity contribution is -0.156. The molecule has 0 aliphatic rings. The summed E-state index contributed by atoms with van der Waals surface area (Å²) in [5, 5.41) is 9.90. The molecule has 0 aromatic heterocycles. The van der Waals surface area contributed by atoms with Crippen LogP contribution in [0.1, 0.15) is 25.3 Å². The lowest BCUT2D eigenvalue weighted by atomic mass is 9.98. The molecule has 22 heavy (non-hydrogen) atoms. The minimum atomic E-state index is -1.27. The summed E-state index contributed by atoms with van der Waals surface area (Å²) in [6.45, 7) is 3.53. The first kappa shape index (κ1) is 17.6. The monoisotopic (exact) mass is 312 g/mol. The Balaban J connectivity index is 3.35. The summed E-state index contributed by atoms with van der Waals surface area (Å²) in [7, 11) is 2.70. The van der Waals surface area contributed by atoms with Crippen LogP contribution in [0.2, 0.25) is 0 Å². The zero-order valence-electron chi connectivity index (χ0n) is 13.0. The Labute approximate surface area is 128 Å². The molecule has 0 saturated carbocycles. The number of carbonyl (C=O) groups excluding carboxylic acids is 2. The maximum atomic E-state index is 12.1. The van der Waals surface area contributed by atoms with Crippen molar-refractivity contribution in [2.45, 2.75) is 19.8 Å². The fourth-order valence-electron chi connectivity index (χ4n) is 1.90. The van der Waals surface area contributed by atoms with Crippen LogP contribution in [-0.2, 0) is 19.1 Å². The molecule has 1 aromatic carbocycles. The van der Waals surface area contributed by atoms with E-state index in [2.05, 4.69) is 0 Å². The molecule has 122 valence electrons. The average molecular weight is 312 g/mol. The van der Waals surface area contributed by atoms with E-state index >= 15 is 0 Å². The van der Waals surface area contributed by atoms with Crippen molar-refractivity contribution in [3.05, 3.63) is 17.7 Å². The molecular weight excluding hydrogens is 292 g/mol. The van der Waals surface area contributed by atoms with Crippen LogP contribution in [0.5, 0.6) is 17.2 Å². The van der Waals surface area contributed by atoms with Crippen molar-refractivity contribution < 1.29 is 33.6 Å². The van der Waals surface area contributed by atoms with E-state index in [1.807, 2.05) is 0 Å². The molecule has 1 rings (SSSR count). The lowest BCUT2D eigenvalue weighted by Gasteiger charge is -2.17. The second-order valence-corrected chi connectivity index (χ2v) is 4.21. The Kier molecular flexibility index (Phi) is 6.49. The Morgan fingerprint density at radius 2 is 1.41 bits per heavy atom. The van der Waals surface area contributed by atoms with Crippen LogP contribution in [0.25, 0.3) is 0 Å². The van der Waals surface area contributed by atoms with Crippen molar-refractivity contribution in [3.8, 4) is 17.2 Å². The number of esters is 2. The van der Waals surface area contributed by atoms with Crippen LogP contribution < -0.4 is 9.47 Å². The summed E-state index contributed by atoms with van der Waals surface area (Å²) in [5.41, 5.74) is 0.253. The molecule has 0 radical (unpaired) electrons. The van der Waals surface area contributed by atoms with Gasteiger partial charge in [0, 0.05) is 0 Å². The number of carbonyl (C=O) groups is 2. The molecule has 7 nitrogen and oxygen atoms in total. The van der Waals surface area contributed by atoms with Gasteiger partial charge >= 0.3 is 11.9 Å². The third-order valence-electron chi connectivity index (χ3n) is 2.88. The lowest BCUT2D eigenvalue weighted by Crippen LogP contribution is -2.26. The molecule has 0 heterocycles. The largest absolute Gasteiger partial charge is 0.502 e. The van der Waals surface area contributed by atoms with E-state index in [1.54, 1.807) is 13.8 Å². The highest BCUT2D eigenvalue weighted by molar-refractivity contribution is 6.01. The summed E-state index contributed by atoms with van der Waals surface area (Å²) in [6.07, 6.45) is 0. The van der Waals surface area contributed by atoms with Gasteiger partial charge in [0.2, 0.25) is 5.75 Å². The fourth-order valence-corrected chi connectivity index (χ4v) is 1.90. The van der Waals surface area contributed by atoms with Gasteiger partial charge in [-0.1, -0.05) is 0 Å². The predicted octanol–water partition coefficient (Wildman–Crippen LogP) is 1.62. The predicted molar refractivity (Wildman–Crippen MR) is 77.2 cm³/mol. The van der Waals surface area contributed by atoms with E-state index < -0.39 is 17.9 Å². The van der Waals surface area contributed by atoms with Gasteiger partial charge in [0.05, 0.1) is 27.4 Å². The van der Waals surface area contributed by atoms with Gasteiger partial charge in [0.15, 0.2) is 17.4 Å². The van der Waals surface area contributed by atoms with Crippen LogP contribution in [0.15, 0.2) is 12.1 Å². The van der Waals surface area contributed by atoms with Crippen LogP contribution in [0, 0.1) is 0 Å². The number of benzene rings is 1. The van der Waals surface area contributed by atoms with E-state index in [-0.39, 0.29) is 36.0 Å². The van der Waals surface area contributed by atoms with Gasteiger partial charge in [-0.15, -0.1) is 0 Å². The second kappa shape index (κ2) is 8.11. The molecule has 1 N–H and O–H groups in total. The van der Waals surface area contributed by atoms with Crippen LogP contribution in [0.3, 0.4) is 0 Å². The topological polar surface area (TPSA) is 91.3 Å². The summed E-state index contributed by atoms with van der Waals surface area (Å²) in [4.78, 5) is 24.2. The van der Waals surface area contributed by atoms with E-state index in [0.29, 0.717) is 0 Å². The van der Waals surface area contributed by atoms with Crippen LogP contribution in [-0.4, -0.2) is 44.5 Å². The summed E-state index contributed by atoms with van der Waals surface area (Å²) >= 11 is 0. The number of hydrogen-bond acceptors (Lipinski definition) is 7. The van der Waals surface area contributed by atoms with Crippen molar-refractivity contribution >= 4 is 11.9 Å². The van der Waals surface area contributed by atoms with Crippen molar-refractivity contribution in [1.29, 1.82) is 0 Å². The van der Waals surface area contributed by atoms with Crippen LogP contribution >= 0.6 is 0 Å². The number of phenols is 1. The maximum absolute atomic E-state index is 12.1. The van der Waals surface area contributed by atoms with E-state index in [0.717, 1.165) is 0 Å². The fraction of sp³-hybridized carbons (Fsp3) is 0.467. The summed E-state index contributed by atoms with van der Waals surface area (Å²) in [5.74, 6) is -2.82. The van der Waals surface area contributed by atoms with Crippen molar-refractivity contribution in [2.24, 2.45) is 0 Å². The molecule has 7 heteroatoms. The highest BCUT2D eigenvalue weighted by atomic mass is 16.6. The standard InChI is InChI=1S/C15H20O7/c1-5-21-14(17)12(15(18)22-6-2)9-7-10(19-3)13(16)11(8-9)20-4/h7-8,12,16H,5-6H2,1-4H3. The number of hydrogen-bond donors (Lipinski definition) is 1. The van der Waals surface area contributed by atoms with Gasteiger partial charge in [-0.05, 0) is 31.5 Å². The minimum absolute atomic E-state index is 0.0768. The first-order valence-electron chi connectivity index (χ1n) is 6.78. The third kappa shape index (κ3) is 3.81. The Hall–Kier alpha value is -2.44. The van der Waals surface area contributed by atoms with Gasteiger partial charge in [-0.2, -0.15) is 0 Å². The van der Waals surface area contributed by atoms with Crippen molar-refractivity contribution in [2.75, 3.05) is 27.4 Å². The Bertz CT molecular complexity index is 496. The van der Waals surface area contributed by atoms with Gasteiger partial charge < -0.3 is 24.1 Å². The van der Waals surface area contributed by atoms with Gasteiger partial charge in [-0.3, -0.25) is 9.59 Å². The molecule has 0 aliphatic carbocycles. The molecule has 0 bridgehead atoms. The summed E-state index contributed by atoms with van der Waals surface area (Å²) in [6, 6.07) is 2.74. The molecule has 0 atom stereocenters. The minimum Gasteiger partial charge on any atom is -0.502 e. The van der Waals surface area contributed by atoms with Gasteiger partial charge in [0.25, 0.3) is 0 Å². The SMILES string of the molecule is CCOC(=O)C(C(=O)OCC)c1cc(OC)c(O)c(OC)c1. The molecular formula is C15H20O7. The third-order valence-corrected chi connectivity index (χ3v) is 2.88. The molecule has 0 aliphatic heterocycles. The Morgan fingerprint density at radius 3 is 1.73 bits per heavy atom. The van der Waals surface area contributed by atoms with Crippen LogP contribution in [0.4, 0.5) is 0 Å². The second-order valence-electron chi connectivity index (χ2n) is 4.21. The molecule has 0 spiro atoms. The number of ether oxygens (including phenoxy) is 4. The number of rotatable bonds is 7. The first-order chi connectivity index (χ1) is 10.5. The van der Waals surface area contributed by atoms with E-state index in [9.17, 15) is 14.7 Å². The summed E-state index contributed by atoms with van der Waals surface area (Å²) < 4.78 is 19.9. The van der Waals surface area contributed by atoms with E-state index in [4.69, 9.17) is 18.9 Å². The molecule has 0 amide bonds. The van der Waals surface area contributed by atoms with Gasteiger partial charge in [-0.25, -0.2) is 0 Å². The van der Waals surface area contributed by atoms with E-state index in [1.165, 1.54) is 26.4 Å². The quantitative estimate of drug-likeness (QED) is 0.604. The Morgan fingerprint density at radius 1 is 1.00 bits per heavy atom. The smallest absolute Gasteiger partial charge is 0.324 e. The zero-order chi connectivity index (χ0) is 16.7. The number of aromatic hydroxyl groups is 1. The van der Waals surface area contributed by atoms with Crippen molar-refractivity contribution in [3.63, 3.8) is 0 Å². The maximum Gasteiger partial charge on any atom is 0.324 e. The molecule has 0 fully saturated rings. The normalized spacial score (nSPS) is 10.2. The highest BCUT2D eigenvalue weighted by Crippen LogP contribution is 2.39. The molecule has 0 saturated heterocycles. The number of phenolic OH excluding ortho intramolecular Hbond substituents is 1. The first-order valence-corrected chi connectivity index (χ1v) is 6.78. The highest BCUT2D eigenvalue weighted by Gasteiger charge is 2.33. The molecule has 0 unspecified atom stereocenters. The van der Waals surface area contributed by atoms with Crippen molar-refractivity contribution in [1.82, 2.24) is 0 Å². The zero-order valence-corrected chi connectivity index (χ0v) is 13.0. The molecule has 1 aromatic rings. The van der Waals surface area contributed by atoms with Gasteiger partial charge in [0.1, 0.15) is 0 Å².